The maximum atomic E-state index is 11.8. The summed E-state index contributed by atoms with van der Waals surface area (Å²) in [6.45, 7) is 4.59. The zero-order valence-corrected chi connectivity index (χ0v) is 11.7. The lowest BCUT2D eigenvalue weighted by molar-refractivity contribution is -0.124. The monoisotopic (exact) mass is 260 g/mol. The molecular weight excluding hydrogens is 236 g/mol. The number of nitrogens with two attached hydrogens (primary N) is 1. The number of hydrogen-bond donors (Lipinski definition) is 2. The Labute approximate surface area is 110 Å². The molecule has 100 valence electrons. The van der Waals surface area contributed by atoms with Gasteiger partial charge < -0.3 is 11.1 Å². The van der Waals surface area contributed by atoms with Crippen LogP contribution in [0.1, 0.15) is 52.4 Å². The van der Waals surface area contributed by atoms with E-state index in [9.17, 15) is 4.79 Å². The summed E-state index contributed by atoms with van der Waals surface area (Å²) in [6, 6.07) is 0.378. The van der Waals surface area contributed by atoms with Gasteiger partial charge in [-0.15, -0.1) is 12.4 Å². The largest absolute Gasteiger partial charge is 0.352 e. The molecule has 17 heavy (non-hydrogen) atoms. The first-order valence-corrected chi connectivity index (χ1v) is 6.61. The lowest BCUT2D eigenvalue weighted by Crippen LogP contribution is -2.48. The van der Waals surface area contributed by atoms with Crippen LogP contribution in [0, 0.1) is 11.8 Å². The molecule has 3 nitrogen and oxygen atoms in total. The fourth-order valence-electron chi connectivity index (χ4n) is 2.62. The predicted octanol–water partition coefficient (Wildman–Crippen LogP) is 2.23. The topological polar surface area (TPSA) is 55.1 Å². The molecule has 1 amide bonds. The lowest BCUT2D eigenvalue weighted by atomic mass is 9.79. The molecule has 3 N–H and O–H groups in total. The van der Waals surface area contributed by atoms with Crippen LogP contribution in [0.15, 0.2) is 0 Å². The van der Waals surface area contributed by atoms with Crippen molar-refractivity contribution in [2.45, 2.75) is 64.0 Å². The summed E-state index contributed by atoms with van der Waals surface area (Å²) >= 11 is 0. The van der Waals surface area contributed by atoms with E-state index in [1.165, 1.54) is 12.8 Å². The molecule has 0 bridgehead atoms. The number of carbonyl (C=O) groups excluding carboxylic acids is 1. The second-order valence-corrected chi connectivity index (χ2v) is 5.99. The summed E-state index contributed by atoms with van der Waals surface area (Å²) in [4.78, 5) is 11.8. The Hall–Kier alpha value is -0.280. The Morgan fingerprint density at radius 2 is 1.76 bits per heavy atom. The fourth-order valence-corrected chi connectivity index (χ4v) is 2.62. The van der Waals surface area contributed by atoms with Gasteiger partial charge in [-0.05, 0) is 50.4 Å². The van der Waals surface area contributed by atoms with Crippen LogP contribution >= 0.6 is 12.4 Å². The van der Waals surface area contributed by atoms with Crippen LogP contribution in [0.3, 0.4) is 0 Å². The van der Waals surface area contributed by atoms with Crippen LogP contribution in [0.2, 0.25) is 0 Å². The van der Waals surface area contributed by atoms with Crippen LogP contribution in [0.5, 0.6) is 0 Å². The van der Waals surface area contributed by atoms with Crippen molar-refractivity contribution in [2.75, 3.05) is 0 Å². The van der Waals surface area contributed by atoms with E-state index in [1.807, 2.05) is 0 Å². The Kier molecular flexibility index (Phi) is 4.85. The van der Waals surface area contributed by atoms with Gasteiger partial charge in [0.05, 0.1) is 5.54 Å². The van der Waals surface area contributed by atoms with Gasteiger partial charge >= 0.3 is 0 Å². The number of nitrogens with one attached hydrogen (secondary N) is 1. The van der Waals surface area contributed by atoms with Gasteiger partial charge in [0.25, 0.3) is 0 Å². The van der Waals surface area contributed by atoms with Crippen molar-refractivity contribution in [1.82, 2.24) is 5.32 Å². The van der Waals surface area contributed by atoms with E-state index in [1.54, 1.807) is 0 Å². The molecule has 0 aromatic carbocycles. The molecule has 0 spiro atoms. The molecule has 0 aliphatic heterocycles. The highest BCUT2D eigenvalue weighted by molar-refractivity contribution is 5.89. The summed E-state index contributed by atoms with van der Waals surface area (Å²) in [6.07, 6.45) is 6.48. The van der Waals surface area contributed by atoms with E-state index >= 15 is 0 Å². The summed E-state index contributed by atoms with van der Waals surface area (Å²) < 4.78 is 0. The van der Waals surface area contributed by atoms with Crippen molar-refractivity contribution >= 4 is 18.3 Å². The van der Waals surface area contributed by atoms with Crippen molar-refractivity contribution in [1.29, 1.82) is 0 Å². The first-order chi connectivity index (χ1) is 7.51. The Balaban J connectivity index is 0.00000144. The van der Waals surface area contributed by atoms with Crippen LogP contribution < -0.4 is 11.1 Å². The van der Waals surface area contributed by atoms with Gasteiger partial charge in [0.15, 0.2) is 0 Å². The quantitative estimate of drug-likeness (QED) is 0.818. The molecule has 2 fully saturated rings. The van der Waals surface area contributed by atoms with Crippen LogP contribution in [-0.4, -0.2) is 17.5 Å². The molecule has 2 aliphatic rings. The minimum absolute atomic E-state index is 0. The standard InChI is InChI=1S/C13H24N2O.ClH/c1-9(2)10-3-5-11(6-4-10)15-12(16)13(14)7-8-13;/h9-11H,3-8,14H2,1-2H3,(H,15,16);1H. The Morgan fingerprint density at radius 1 is 1.24 bits per heavy atom. The second kappa shape index (κ2) is 5.57. The number of carbonyl (C=O) groups is 1. The summed E-state index contributed by atoms with van der Waals surface area (Å²) in [5.41, 5.74) is 5.37. The van der Waals surface area contributed by atoms with Crippen LogP contribution in [-0.2, 0) is 4.79 Å². The van der Waals surface area contributed by atoms with Crippen molar-refractivity contribution < 1.29 is 4.79 Å². The van der Waals surface area contributed by atoms with E-state index in [4.69, 9.17) is 5.73 Å². The highest BCUT2D eigenvalue weighted by Gasteiger charge is 2.46. The molecule has 0 atom stereocenters. The summed E-state index contributed by atoms with van der Waals surface area (Å²) in [7, 11) is 0. The van der Waals surface area contributed by atoms with Gasteiger partial charge in [-0.25, -0.2) is 0 Å². The SMILES string of the molecule is CC(C)C1CCC(NC(=O)C2(N)CC2)CC1.Cl. The van der Waals surface area contributed by atoms with Gasteiger partial charge in [0.1, 0.15) is 0 Å². The van der Waals surface area contributed by atoms with E-state index in [2.05, 4.69) is 19.2 Å². The Bertz CT molecular complexity index is 269. The first kappa shape index (κ1) is 14.8. The van der Waals surface area contributed by atoms with E-state index in [0.717, 1.165) is 37.5 Å². The zero-order chi connectivity index (χ0) is 11.8. The zero-order valence-electron chi connectivity index (χ0n) is 10.9. The molecule has 2 aliphatic carbocycles. The van der Waals surface area contributed by atoms with Crippen LogP contribution in [0.4, 0.5) is 0 Å². The first-order valence-electron chi connectivity index (χ1n) is 6.61. The van der Waals surface area contributed by atoms with Crippen molar-refractivity contribution in [2.24, 2.45) is 17.6 Å². The summed E-state index contributed by atoms with van der Waals surface area (Å²) in [5, 5.41) is 3.12. The highest BCUT2D eigenvalue weighted by Crippen LogP contribution is 2.34. The van der Waals surface area contributed by atoms with E-state index in [0.29, 0.717) is 6.04 Å². The molecule has 0 aromatic heterocycles. The average Bonchev–Trinajstić information content (AvgIpc) is 2.99. The van der Waals surface area contributed by atoms with Gasteiger partial charge in [0.2, 0.25) is 5.91 Å². The molecule has 0 aromatic rings. The molecule has 0 radical (unpaired) electrons. The third-order valence-corrected chi connectivity index (χ3v) is 4.29. The van der Waals surface area contributed by atoms with Gasteiger partial charge in [-0.1, -0.05) is 13.8 Å². The number of rotatable bonds is 3. The minimum atomic E-state index is -0.505. The van der Waals surface area contributed by atoms with Crippen molar-refractivity contribution in [3.63, 3.8) is 0 Å². The normalized spacial score (nSPS) is 30.6. The molecule has 4 heteroatoms. The lowest BCUT2D eigenvalue weighted by Gasteiger charge is -2.31. The third-order valence-electron chi connectivity index (χ3n) is 4.29. The van der Waals surface area contributed by atoms with Gasteiger partial charge in [-0.3, -0.25) is 4.79 Å². The Morgan fingerprint density at radius 3 is 2.18 bits per heavy atom. The molecule has 0 unspecified atom stereocenters. The van der Waals surface area contributed by atoms with Crippen molar-refractivity contribution in [3.05, 3.63) is 0 Å². The van der Waals surface area contributed by atoms with E-state index in [-0.39, 0.29) is 18.3 Å². The minimum Gasteiger partial charge on any atom is -0.352 e. The van der Waals surface area contributed by atoms with Gasteiger partial charge in [-0.2, -0.15) is 0 Å². The average molecular weight is 261 g/mol. The number of halogens is 1. The molecule has 2 saturated carbocycles. The van der Waals surface area contributed by atoms with E-state index < -0.39 is 5.54 Å². The summed E-state index contributed by atoms with van der Waals surface area (Å²) in [5.74, 6) is 1.71. The smallest absolute Gasteiger partial charge is 0.240 e. The second-order valence-electron chi connectivity index (χ2n) is 5.99. The molecular formula is C13H25ClN2O. The molecule has 0 saturated heterocycles. The third kappa shape index (κ3) is 3.59. The maximum Gasteiger partial charge on any atom is 0.240 e. The predicted molar refractivity (Wildman–Crippen MR) is 72.1 cm³/mol. The molecule has 0 heterocycles. The highest BCUT2D eigenvalue weighted by atomic mass is 35.5. The molecule has 2 rings (SSSR count). The van der Waals surface area contributed by atoms with Crippen LogP contribution in [0.25, 0.3) is 0 Å². The number of amides is 1. The maximum absolute atomic E-state index is 11.8. The number of hydrogen-bond acceptors (Lipinski definition) is 2. The van der Waals surface area contributed by atoms with Gasteiger partial charge in [0, 0.05) is 6.04 Å². The fraction of sp³-hybridized carbons (Fsp3) is 0.923. The van der Waals surface area contributed by atoms with Crippen molar-refractivity contribution in [3.8, 4) is 0 Å².